The minimum atomic E-state index is -4.47. The largest absolute Gasteiger partial charge is 1.00 e. The number of benzene rings is 1. The summed E-state index contributed by atoms with van der Waals surface area (Å²) in [5.74, 6) is 0.207. The summed E-state index contributed by atoms with van der Waals surface area (Å²) in [5.41, 5.74) is 0. The molecule has 0 aliphatic carbocycles. The van der Waals surface area contributed by atoms with E-state index in [1.54, 1.807) is 18.2 Å². The molecule has 0 N–H and O–H groups in total. The Morgan fingerprint density at radius 1 is 0.880 bits per heavy atom. The first-order valence-electron chi connectivity index (χ1n) is 9.01. The minimum Gasteiger partial charge on any atom is -0.744 e. The van der Waals surface area contributed by atoms with Crippen molar-refractivity contribution in [2.24, 2.45) is 0 Å². The number of phosphoric acid groups is 1. The summed E-state index contributed by atoms with van der Waals surface area (Å²) in [6, 6.07) is 8.21. The Bertz CT molecular complexity index is 458. The molecular formula is C18H30KO5P. The van der Waals surface area contributed by atoms with Crippen LogP contribution in [-0.4, -0.2) is 6.61 Å². The first-order chi connectivity index (χ1) is 11.6. The molecule has 138 valence electrons. The number of unbranched alkanes of at least 4 members (excludes halogenated alkanes) is 9. The molecule has 0 amide bonds. The fourth-order valence-corrected chi connectivity index (χ4v) is 2.99. The molecule has 1 unspecified atom stereocenters. The molecule has 0 aromatic heterocycles. The van der Waals surface area contributed by atoms with Crippen LogP contribution in [0.4, 0.5) is 0 Å². The second-order valence-corrected chi connectivity index (χ2v) is 7.16. The van der Waals surface area contributed by atoms with Crippen molar-refractivity contribution in [3.05, 3.63) is 30.3 Å². The van der Waals surface area contributed by atoms with Gasteiger partial charge in [-0.1, -0.05) is 82.9 Å². The van der Waals surface area contributed by atoms with Crippen LogP contribution in [0.1, 0.15) is 71.1 Å². The summed E-state index contributed by atoms with van der Waals surface area (Å²) >= 11 is 0. The smallest absolute Gasteiger partial charge is 0.744 e. The van der Waals surface area contributed by atoms with Crippen molar-refractivity contribution in [1.29, 1.82) is 0 Å². The third-order valence-corrected chi connectivity index (χ3v) is 4.41. The summed E-state index contributed by atoms with van der Waals surface area (Å²) < 4.78 is 20.7. The molecule has 25 heavy (non-hydrogen) atoms. The molecule has 0 aliphatic rings. The van der Waals surface area contributed by atoms with E-state index in [-0.39, 0.29) is 63.7 Å². The fourth-order valence-electron chi connectivity index (χ4n) is 2.38. The van der Waals surface area contributed by atoms with Crippen molar-refractivity contribution >= 4 is 7.82 Å². The van der Waals surface area contributed by atoms with Gasteiger partial charge in [0, 0.05) is 0 Å². The van der Waals surface area contributed by atoms with E-state index in [9.17, 15) is 9.46 Å². The number of para-hydroxylation sites is 1. The summed E-state index contributed by atoms with van der Waals surface area (Å²) in [4.78, 5) is 16.3. The molecule has 1 aromatic carbocycles. The van der Waals surface area contributed by atoms with E-state index in [1.165, 1.54) is 57.1 Å². The maximum absolute atomic E-state index is 11.5. The predicted octanol–water partition coefficient (Wildman–Crippen LogP) is 2.41. The van der Waals surface area contributed by atoms with Crippen molar-refractivity contribution in [2.75, 3.05) is 6.61 Å². The van der Waals surface area contributed by atoms with Gasteiger partial charge in [-0.15, -0.1) is 0 Å². The zero-order valence-corrected chi connectivity index (χ0v) is 19.7. The Kier molecular flexibility index (Phi) is 17.4. The van der Waals surface area contributed by atoms with Crippen LogP contribution < -0.4 is 60.8 Å². The van der Waals surface area contributed by atoms with Crippen molar-refractivity contribution < 1.29 is 74.9 Å². The average molecular weight is 397 g/mol. The van der Waals surface area contributed by atoms with Gasteiger partial charge in [-0.25, -0.2) is 4.89 Å². The summed E-state index contributed by atoms with van der Waals surface area (Å²) in [7, 11) is -4.47. The van der Waals surface area contributed by atoms with E-state index in [0.29, 0.717) is 0 Å². The van der Waals surface area contributed by atoms with Crippen LogP contribution in [0.25, 0.3) is 0 Å². The summed E-state index contributed by atoms with van der Waals surface area (Å²) in [6.45, 7) is 2.48. The van der Waals surface area contributed by atoms with E-state index < -0.39 is 7.82 Å². The second-order valence-electron chi connectivity index (χ2n) is 5.93. The van der Waals surface area contributed by atoms with Gasteiger partial charge in [0.25, 0.3) is 0 Å². The van der Waals surface area contributed by atoms with Gasteiger partial charge in [0.05, 0.1) is 6.61 Å². The molecule has 5 nitrogen and oxygen atoms in total. The summed E-state index contributed by atoms with van der Waals surface area (Å²) in [6.07, 6.45) is 12.1. The Balaban J connectivity index is 0.00000576. The van der Waals surface area contributed by atoms with Gasteiger partial charge < -0.3 is 9.42 Å². The monoisotopic (exact) mass is 396 g/mol. The van der Waals surface area contributed by atoms with Crippen LogP contribution in [0.3, 0.4) is 0 Å². The number of rotatable bonds is 15. The quantitative estimate of drug-likeness (QED) is 0.150. The molecule has 7 heteroatoms. The molecule has 0 heterocycles. The molecular weight excluding hydrogens is 366 g/mol. The molecule has 0 radical (unpaired) electrons. The van der Waals surface area contributed by atoms with Crippen LogP contribution >= 0.6 is 7.82 Å². The van der Waals surface area contributed by atoms with Gasteiger partial charge in [0.2, 0.25) is 0 Å². The predicted molar refractivity (Wildman–Crippen MR) is 93.6 cm³/mol. The maximum atomic E-state index is 11.5. The number of hydrogen-bond acceptors (Lipinski definition) is 5. The van der Waals surface area contributed by atoms with Crippen molar-refractivity contribution in [1.82, 2.24) is 0 Å². The zero-order valence-electron chi connectivity index (χ0n) is 15.7. The molecule has 1 atom stereocenters. The fraction of sp³-hybridized carbons (Fsp3) is 0.667. The van der Waals surface area contributed by atoms with E-state index >= 15 is 0 Å². The summed E-state index contributed by atoms with van der Waals surface area (Å²) in [5, 5.41) is 0. The van der Waals surface area contributed by atoms with Gasteiger partial charge in [0.1, 0.15) is 5.75 Å². The van der Waals surface area contributed by atoms with Gasteiger partial charge >= 0.3 is 59.2 Å². The van der Waals surface area contributed by atoms with Gasteiger partial charge in [-0.2, -0.15) is 4.67 Å². The van der Waals surface area contributed by atoms with Crippen molar-refractivity contribution in [3.8, 4) is 5.75 Å². The Morgan fingerprint density at radius 3 is 1.96 bits per heavy atom. The van der Waals surface area contributed by atoms with E-state index in [1.807, 2.05) is 0 Å². The van der Waals surface area contributed by atoms with E-state index in [4.69, 9.17) is 9.41 Å². The third kappa shape index (κ3) is 15.5. The molecule has 0 saturated heterocycles. The normalized spacial score (nSPS) is 13.0. The molecule has 1 rings (SSSR count). The first kappa shape index (κ1) is 25.8. The molecule has 0 aliphatic heterocycles. The minimum absolute atomic E-state index is 0. The van der Waals surface area contributed by atoms with Crippen molar-refractivity contribution in [2.45, 2.75) is 71.1 Å². The van der Waals surface area contributed by atoms with Crippen LogP contribution in [0.15, 0.2) is 30.3 Å². The molecule has 0 saturated carbocycles. The molecule has 0 spiro atoms. The van der Waals surface area contributed by atoms with Crippen LogP contribution in [0.2, 0.25) is 0 Å². The first-order valence-corrected chi connectivity index (χ1v) is 10.5. The Labute approximate surface area is 194 Å². The van der Waals surface area contributed by atoms with Gasteiger partial charge in [-0.3, -0.25) is 4.57 Å². The topological polar surface area (TPSA) is 67.8 Å². The SMILES string of the molecule is CCCCCCCCCCCCOOP(=O)([O-])Oc1ccccc1.[K+]. The zero-order chi connectivity index (χ0) is 17.5. The Morgan fingerprint density at radius 2 is 1.40 bits per heavy atom. The van der Waals surface area contributed by atoms with Crippen LogP contribution in [0.5, 0.6) is 5.75 Å². The molecule has 0 bridgehead atoms. The number of phosphoric ester groups is 1. The van der Waals surface area contributed by atoms with Gasteiger partial charge in [0.15, 0.2) is 0 Å². The Hall–Kier alpha value is 0.766. The average Bonchev–Trinajstić information content (AvgIpc) is 2.56. The van der Waals surface area contributed by atoms with E-state index in [0.717, 1.165) is 19.3 Å². The van der Waals surface area contributed by atoms with Gasteiger partial charge in [-0.05, 0) is 18.6 Å². The second kappa shape index (κ2) is 16.9. The van der Waals surface area contributed by atoms with Crippen molar-refractivity contribution in [3.63, 3.8) is 0 Å². The maximum Gasteiger partial charge on any atom is 1.00 e. The third-order valence-electron chi connectivity index (χ3n) is 3.69. The standard InChI is InChI=1S/C18H31O5P.K/c1-2-3-4-5-6-7-8-9-10-14-17-21-23-24(19,20)22-18-15-12-11-13-16-18;/h11-13,15-16H,2-10,14,17H2,1H3,(H,19,20);/q;+1/p-1. The molecule has 1 aromatic rings. The van der Waals surface area contributed by atoms with Crippen LogP contribution in [0, 0.1) is 0 Å². The van der Waals surface area contributed by atoms with E-state index in [2.05, 4.69) is 11.6 Å². The number of hydrogen-bond donors (Lipinski definition) is 0. The molecule has 0 fully saturated rings. The van der Waals surface area contributed by atoms with Crippen LogP contribution in [-0.2, 0) is 14.1 Å².